The van der Waals surface area contributed by atoms with Gasteiger partial charge in [0.25, 0.3) is 5.91 Å². The van der Waals surface area contributed by atoms with Crippen LogP contribution in [0.15, 0.2) is 22.8 Å². The molecule has 2 aromatic rings. The second kappa shape index (κ2) is 4.37. The third kappa shape index (κ3) is 1.91. The second-order valence-corrected chi connectivity index (χ2v) is 6.03. The number of nitrogens with two attached hydrogens (primary N) is 1. The average Bonchev–Trinajstić information content (AvgIpc) is 2.77. The van der Waals surface area contributed by atoms with Crippen molar-refractivity contribution in [2.24, 2.45) is 0 Å². The Morgan fingerprint density at radius 3 is 3.06 bits per heavy atom. The summed E-state index contributed by atoms with van der Waals surface area (Å²) < 4.78 is 0.877. The quantitative estimate of drug-likeness (QED) is 0.847. The van der Waals surface area contributed by atoms with Crippen LogP contribution in [-0.2, 0) is 6.42 Å². The summed E-state index contributed by atoms with van der Waals surface area (Å²) >= 11 is 4.85. The first-order chi connectivity index (χ1) is 8.65. The van der Waals surface area contributed by atoms with Crippen LogP contribution in [0.25, 0.3) is 10.4 Å². The number of hydrogen-bond donors (Lipinski definition) is 2. The van der Waals surface area contributed by atoms with E-state index in [0.29, 0.717) is 12.4 Å². The second-order valence-electron chi connectivity index (χ2n) is 4.06. The fourth-order valence-corrected chi connectivity index (χ4v) is 3.46. The molecule has 3 heterocycles. The Morgan fingerprint density at radius 2 is 2.28 bits per heavy atom. The van der Waals surface area contributed by atoms with Gasteiger partial charge in [0.15, 0.2) is 0 Å². The first-order valence-corrected chi connectivity index (χ1v) is 7.08. The molecule has 0 saturated carbocycles. The highest BCUT2D eigenvalue weighted by Gasteiger charge is 2.21. The minimum atomic E-state index is 0.00836. The van der Waals surface area contributed by atoms with Crippen molar-refractivity contribution >= 4 is 39.0 Å². The van der Waals surface area contributed by atoms with Gasteiger partial charge in [-0.15, -0.1) is 11.3 Å². The minimum Gasteiger partial charge on any atom is -0.383 e. The molecule has 1 aliphatic rings. The Kier molecular flexibility index (Phi) is 2.83. The third-order valence-electron chi connectivity index (χ3n) is 2.85. The largest absolute Gasteiger partial charge is 0.383 e. The summed E-state index contributed by atoms with van der Waals surface area (Å²) in [6.45, 7) is 0.703. The molecule has 0 unspecified atom stereocenters. The van der Waals surface area contributed by atoms with E-state index in [-0.39, 0.29) is 5.91 Å². The lowest BCUT2D eigenvalue weighted by Gasteiger charge is -2.10. The van der Waals surface area contributed by atoms with Gasteiger partial charge in [-0.1, -0.05) is 0 Å². The smallest absolute Gasteiger partial charge is 0.261 e. The van der Waals surface area contributed by atoms with E-state index in [1.165, 1.54) is 11.3 Å². The first kappa shape index (κ1) is 11.7. The van der Waals surface area contributed by atoms with Gasteiger partial charge in [-0.2, -0.15) is 0 Å². The number of anilines is 1. The lowest BCUT2D eigenvalue weighted by molar-refractivity contribution is 0.0950. The van der Waals surface area contributed by atoms with Gasteiger partial charge in [0.05, 0.1) is 4.88 Å². The molecular formula is C12H10BrN3OS. The Hall–Kier alpha value is -1.40. The molecule has 18 heavy (non-hydrogen) atoms. The first-order valence-electron chi connectivity index (χ1n) is 5.47. The molecule has 3 N–H and O–H groups in total. The Balaban J connectivity index is 2.13. The third-order valence-corrected chi connectivity index (χ3v) is 4.49. The maximum atomic E-state index is 11.7. The monoisotopic (exact) mass is 323 g/mol. The van der Waals surface area contributed by atoms with Crippen LogP contribution in [0.1, 0.15) is 15.2 Å². The van der Waals surface area contributed by atoms with Crippen LogP contribution in [0.2, 0.25) is 0 Å². The highest BCUT2D eigenvalue weighted by atomic mass is 79.9. The number of carbonyl (C=O) groups excluding carboxylic acids is 1. The number of nitrogens with zero attached hydrogens (tertiary/aromatic N) is 1. The zero-order valence-electron chi connectivity index (χ0n) is 9.37. The van der Waals surface area contributed by atoms with E-state index < -0.39 is 0 Å². The molecule has 6 heteroatoms. The molecule has 3 rings (SSSR count). The zero-order chi connectivity index (χ0) is 12.7. The number of aromatic nitrogens is 1. The van der Waals surface area contributed by atoms with Crippen molar-refractivity contribution in [2.75, 3.05) is 12.3 Å². The van der Waals surface area contributed by atoms with Gasteiger partial charge in [-0.05, 0) is 40.0 Å². The topological polar surface area (TPSA) is 68.0 Å². The maximum Gasteiger partial charge on any atom is 0.261 e. The number of nitrogen functional groups attached to an aromatic ring is 1. The van der Waals surface area contributed by atoms with Crippen molar-refractivity contribution in [3.05, 3.63) is 33.2 Å². The lowest BCUT2D eigenvalue weighted by atomic mass is 10.1. The summed E-state index contributed by atoms with van der Waals surface area (Å²) in [4.78, 5) is 17.6. The number of fused-ring (bicyclic) bond motifs is 1. The molecule has 2 aromatic heterocycles. The van der Waals surface area contributed by atoms with Crippen LogP contribution < -0.4 is 11.1 Å². The molecule has 0 spiro atoms. The predicted octanol–water partition coefficient (Wildman–Crippen LogP) is 2.44. The molecule has 0 radical (unpaired) electrons. The van der Waals surface area contributed by atoms with E-state index in [2.05, 4.69) is 26.2 Å². The van der Waals surface area contributed by atoms with E-state index in [4.69, 9.17) is 5.73 Å². The molecule has 0 atom stereocenters. The van der Waals surface area contributed by atoms with Crippen molar-refractivity contribution < 1.29 is 4.79 Å². The summed E-state index contributed by atoms with van der Waals surface area (Å²) in [5.74, 6) is 0.492. The fraction of sp³-hybridized carbons (Fsp3) is 0.167. The van der Waals surface area contributed by atoms with Crippen molar-refractivity contribution in [3.63, 3.8) is 0 Å². The van der Waals surface area contributed by atoms with Gasteiger partial charge in [0.1, 0.15) is 5.82 Å². The van der Waals surface area contributed by atoms with Crippen LogP contribution in [0.5, 0.6) is 0 Å². The Bertz CT molecular complexity index is 638. The summed E-state index contributed by atoms with van der Waals surface area (Å²) in [6.07, 6.45) is 2.54. The van der Waals surface area contributed by atoms with Crippen molar-refractivity contribution in [1.29, 1.82) is 0 Å². The van der Waals surface area contributed by atoms with E-state index in [1.54, 1.807) is 6.20 Å². The fourth-order valence-electron chi connectivity index (χ4n) is 1.98. The predicted molar refractivity (Wildman–Crippen MR) is 75.7 cm³/mol. The number of nitrogens with one attached hydrogen (secondary N) is 1. The van der Waals surface area contributed by atoms with E-state index in [9.17, 15) is 4.79 Å². The highest BCUT2D eigenvalue weighted by molar-refractivity contribution is 9.10. The van der Waals surface area contributed by atoms with Gasteiger partial charge in [-0.3, -0.25) is 4.79 Å². The van der Waals surface area contributed by atoms with Crippen LogP contribution in [0.3, 0.4) is 0 Å². The van der Waals surface area contributed by atoms with Gasteiger partial charge >= 0.3 is 0 Å². The number of rotatable bonds is 1. The number of halogens is 1. The van der Waals surface area contributed by atoms with Crippen molar-refractivity contribution in [1.82, 2.24) is 10.3 Å². The molecular weight excluding hydrogens is 314 g/mol. The molecule has 1 amide bonds. The SMILES string of the molecule is Nc1ncc(Br)cc1-c1cc2c(s1)C(=O)NCC2. The number of pyridine rings is 1. The van der Waals surface area contributed by atoms with E-state index in [1.807, 2.05) is 12.1 Å². The Labute approximate surface area is 116 Å². The average molecular weight is 324 g/mol. The highest BCUT2D eigenvalue weighted by Crippen LogP contribution is 2.36. The summed E-state index contributed by atoms with van der Waals surface area (Å²) in [5.41, 5.74) is 7.86. The molecule has 4 nitrogen and oxygen atoms in total. The molecule has 0 saturated heterocycles. The van der Waals surface area contributed by atoms with Gasteiger partial charge < -0.3 is 11.1 Å². The van der Waals surface area contributed by atoms with Crippen LogP contribution >= 0.6 is 27.3 Å². The summed E-state index contributed by atoms with van der Waals surface area (Å²) in [6, 6.07) is 3.97. The zero-order valence-corrected chi connectivity index (χ0v) is 11.8. The van der Waals surface area contributed by atoms with Crippen LogP contribution in [0, 0.1) is 0 Å². The van der Waals surface area contributed by atoms with Crippen molar-refractivity contribution in [2.45, 2.75) is 6.42 Å². The maximum absolute atomic E-state index is 11.7. The number of carbonyl (C=O) groups is 1. The van der Waals surface area contributed by atoms with Gasteiger partial charge in [-0.25, -0.2) is 4.98 Å². The van der Waals surface area contributed by atoms with Crippen molar-refractivity contribution in [3.8, 4) is 10.4 Å². The van der Waals surface area contributed by atoms with E-state index >= 15 is 0 Å². The summed E-state index contributed by atoms with van der Waals surface area (Å²) in [7, 11) is 0. The lowest BCUT2D eigenvalue weighted by Crippen LogP contribution is -2.30. The standard InChI is InChI=1S/C12H10BrN3OS/c13-7-4-8(11(14)16-5-7)9-3-6-1-2-15-12(17)10(6)18-9/h3-5H,1-2H2,(H2,14,16)(H,15,17). The molecule has 0 aliphatic carbocycles. The van der Waals surface area contributed by atoms with E-state index in [0.717, 1.165) is 31.8 Å². The molecule has 0 bridgehead atoms. The summed E-state index contributed by atoms with van der Waals surface area (Å²) in [5, 5.41) is 2.84. The number of thiophene rings is 1. The Morgan fingerprint density at radius 1 is 1.44 bits per heavy atom. The normalized spacial score (nSPS) is 14.2. The number of hydrogen-bond acceptors (Lipinski definition) is 4. The molecule has 0 aromatic carbocycles. The van der Waals surface area contributed by atoms with Gasteiger partial charge in [0.2, 0.25) is 0 Å². The molecule has 1 aliphatic heterocycles. The van der Waals surface area contributed by atoms with Crippen LogP contribution in [0.4, 0.5) is 5.82 Å². The van der Waals surface area contributed by atoms with Gasteiger partial charge in [0, 0.05) is 27.7 Å². The molecule has 0 fully saturated rings. The molecule has 92 valence electrons. The minimum absolute atomic E-state index is 0.00836. The number of amides is 1. The van der Waals surface area contributed by atoms with Crippen LogP contribution in [-0.4, -0.2) is 17.4 Å².